The van der Waals surface area contributed by atoms with Gasteiger partial charge < -0.3 is 15.2 Å². The average molecular weight is 290 g/mol. The van der Waals surface area contributed by atoms with Crippen LogP contribution in [0, 0.1) is 0 Å². The van der Waals surface area contributed by atoms with E-state index in [0.717, 1.165) is 25.9 Å². The van der Waals surface area contributed by atoms with E-state index in [1.54, 1.807) is 0 Å². The van der Waals surface area contributed by atoms with Crippen LogP contribution in [0.3, 0.4) is 0 Å². The molecule has 1 aliphatic heterocycles. The molecule has 0 saturated heterocycles. The lowest BCUT2D eigenvalue weighted by Gasteiger charge is -2.34. The van der Waals surface area contributed by atoms with Crippen molar-refractivity contribution in [3.8, 4) is 0 Å². The van der Waals surface area contributed by atoms with Gasteiger partial charge in [0, 0.05) is 43.6 Å². The number of aromatic nitrogens is 1. The van der Waals surface area contributed by atoms with Gasteiger partial charge in [-0.2, -0.15) is 0 Å². The Morgan fingerprint density at radius 2 is 2.14 bits per heavy atom. The molecule has 2 N–H and O–H groups in total. The zero-order valence-electron chi connectivity index (χ0n) is 12.8. The van der Waals surface area contributed by atoms with Crippen molar-refractivity contribution in [1.29, 1.82) is 0 Å². The lowest BCUT2D eigenvalue weighted by atomic mass is 9.96. The summed E-state index contributed by atoms with van der Waals surface area (Å²) < 4.78 is 2.28. The molecule has 1 aromatic heterocycles. The number of rotatable bonds is 3. The minimum absolute atomic E-state index is 0.00592. The average Bonchev–Trinajstić information content (AvgIpc) is 2.93. The number of hydrogen-bond donors (Lipinski definition) is 2. The van der Waals surface area contributed by atoms with Crippen molar-refractivity contribution in [2.24, 2.45) is 0 Å². The first-order valence-corrected chi connectivity index (χ1v) is 8.11. The molecule has 3 rings (SSSR count). The van der Waals surface area contributed by atoms with E-state index in [1.165, 1.54) is 25.0 Å². The van der Waals surface area contributed by atoms with Crippen molar-refractivity contribution in [1.82, 2.24) is 20.1 Å². The quantitative estimate of drug-likeness (QED) is 0.894. The summed E-state index contributed by atoms with van der Waals surface area (Å²) in [4.78, 5) is 14.3. The first-order chi connectivity index (χ1) is 10.2. The molecular formula is C16H26N4O. The maximum Gasteiger partial charge on any atom is 0.315 e. The van der Waals surface area contributed by atoms with Crippen LogP contribution in [0.25, 0.3) is 0 Å². The van der Waals surface area contributed by atoms with Gasteiger partial charge in [0.15, 0.2) is 0 Å². The molecule has 1 atom stereocenters. The number of fused-ring (bicyclic) bond motifs is 1. The predicted molar refractivity (Wildman–Crippen MR) is 83.1 cm³/mol. The molecule has 0 spiro atoms. The highest BCUT2D eigenvalue weighted by Gasteiger charge is 2.23. The zero-order valence-corrected chi connectivity index (χ0v) is 12.8. The molecule has 0 bridgehead atoms. The number of likely N-dealkylation sites (N-methyl/N-ethyl adjacent to an activating group) is 1. The standard InChI is InChI=1S/C16H26N4O/c1-19-11-14-8-5-9-20(14)12-15(19)10-17-16(21)18-13-6-3-2-4-7-13/h5,8-9,13,15H,2-4,6-7,10-12H2,1H3,(H2,17,18,21). The van der Waals surface area contributed by atoms with E-state index in [9.17, 15) is 4.79 Å². The topological polar surface area (TPSA) is 49.3 Å². The molecule has 0 radical (unpaired) electrons. The highest BCUT2D eigenvalue weighted by Crippen LogP contribution is 2.18. The maximum absolute atomic E-state index is 12.0. The Labute approximate surface area is 126 Å². The predicted octanol–water partition coefficient (Wildman–Crippen LogP) is 1.93. The van der Waals surface area contributed by atoms with Gasteiger partial charge in [0.05, 0.1) is 0 Å². The maximum atomic E-state index is 12.0. The van der Waals surface area contributed by atoms with E-state index in [-0.39, 0.29) is 6.03 Å². The molecule has 5 nitrogen and oxygen atoms in total. The van der Waals surface area contributed by atoms with Crippen molar-refractivity contribution in [2.45, 2.75) is 57.3 Å². The third-order valence-corrected chi connectivity index (χ3v) is 4.80. The van der Waals surface area contributed by atoms with E-state index >= 15 is 0 Å². The second kappa shape index (κ2) is 6.52. The van der Waals surface area contributed by atoms with Crippen molar-refractivity contribution >= 4 is 6.03 Å². The van der Waals surface area contributed by atoms with Crippen LogP contribution >= 0.6 is 0 Å². The van der Waals surface area contributed by atoms with Crippen LogP contribution < -0.4 is 10.6 Å². The molecule has 2 heterocycles. The van der Waals surface area contributed by atoms with E-state index in [0.29, 0.717) is 18.6 Å². The molecule has 1 unspecified atom stereocenters. The lowest BCUT2D eigenvalue weighted by Crippen LogP contribution is -2.50. The molecule has 1 aliphatic carbocycles. The Bertz CT molecular complexity index is 478. The highest BCUT2D eigenvalue weighted by atomic mass is 16.2. The van der Waals surface area contributed by atoms with Crippen molar-refractivity contribution in [3.05, 3.63) is 24.0 Å². The van der Waals surface area contributed by atoms with E-state index in [2.05, 4.69) is 45.5 Å². The summed E-state index contributed by atoms with van der Waals surface area (Å²) in [7, 11) is 2.13. The molecule has 2 amide bonds. The molecule has 2 aliphatic rings. The second-order valence-corrected chi connectivity index (χ2v) is 6.41. The Morgan fingerprint density at radius 3 is 2.95 bits per heavy atom. The molecule has 21 heavy (non-hydrogen) atoms. The Balaban J connectivity index is 1.45. The summed E-state index contributed by atoms with van der Waals surface area (Å²) in [5, 5.41) is 6.16. The van der Waals surface area contributed by atoms with E-state index in [4.69, 9.17) is 0 Å². The number of amides is 2. The Morgan fingerprint density at radius 1 is 1.33 bits per heavy atom. The van der Waals surface area contributed by atoms with E-state index < -0.39 is 0 Å². The molecule has 1 fully saturated rings. The van der Waals surface area contributed by atoms with Gasteiger partial charge in [-0.3, -0.25) is 4.90 Å². The zero-order chi connectivity index (χ0) is 14.7. The van der Waals surface area contributed by atoms with Crippen LogP contribution in [0.5, 0.6) is 0 Å². The van der Waals surface area contributed by atoms with Gasteiger partial charge in [-0.15, -0.1) is 0 Å². The van der Waals surface area contributed by atoms with Crippen LogP contribution in [0.15, 0.2) is 18.3 Å². The largest absolute Gasteiger partial charge is 0.349 e. The number of nitrogens with zero attached hydrogens (tertiary/aromatic N) is 2. The first-order valence-electron chi connectivity index (χ1n) is 8.11. The van der Waals surface area contributed by atoms with Gasteiger partial charge in [0.1, 0.15) is 0 Å². The summed E-state index contributed by atoms with van der Waals surface area (Å²) in [5.74, 6) is 0. The van der Waals surface area contributed by atoms with Crippen molar-refractivity contribution in [3.63, 3.8) is 0 Å². The summed E-state index contributed by atoms with van der Waals surface area (Å²) in [6, 6.07) is 4.99. The van der Waals surface area contributed by atoms with Crippen LogP contribution in [0.4, 0.5) is 4.79 Å². The molecule has 1 saturated carbocycles. The number of hydrogen-bond acceptors (Lipinski definition) is 2. The normalized spacial score (nSPS) is 23.6. The smallest absolute Gasteiger partial charge is 0.315 e. The Kier molecular flexibility index (Phi) is 4.48. The fourth-order valence-corrected chi connectivity index (χ4v) is 3.44. The summed E-state index contributed by atoms with van der Waals surface area (Å²) in [6.07, 6.45) is 8.18. The van der Waals surface area contributed by atoms with Crippen LogP contribution in [-0.4, -0.2) is 41.2 Å². The minimum atomic E-state index is -0.00592. The number of nitrogens with one attached hydrogen (secondary N) is 2. The fourth-order valence-electron chi connectivity index (χ4n) is 3.44. The van der Waals surface area contributed by atoms with Gasteiger partial charge in [-0.05, 0) is 32.0 Å². The third kappa shape index (κ3) is 3.59. The molecule has 0 aromatic carbocycles. The van der Waals surface area contributed by atoms with Crippen molar-refractivity contribution < 1.29 is 4.79 Å². The van der Waals surface area contributed by atoms with Gasteiger partial charge >= 0.3 is 6.03 Å². The van der Waals surface area contributed by atoms with E-state index in [1.807, 2.05) is 0 Å². The SMILES string of the molecule is CN1Cc2cccn2CC1CNC(=O)NC1CCCCC1. The summed E-state index contributed by atoms with van der Waals surface area (Å²) in [5.41, 5.74) is 1.35. The summed E-state index contributed by atoms with van der Waals surface area (Å²) >= 11 is 0. The number of carbonyl (C=O) groups is 1. The van der Waals surface area contributed by atoms with Crippen molar-refractivity contribution in [2.75, 3.05) is 13.6 Å². The number of urea groups is 1. The van der Waals surface area contributed by atoms with Gasteiger partial charge in [0.2, 0.25) is 0 Å². The lowest BCUT2D eigenvalue weighted by molar-refractivity contribution is 0.171. The fraction of sp³-hybridized carbons (Fsp3) is 0.688. The monoisotopic (exact) mass is 290 g/mol. The van der Waals surface area contributed by atoms with Gasteiger partial charge in [-0.1, -0.05) is 19.3 Å². The minimum Gasteiger partial charge on any atom is -0.349 e. The highest BCUT2D eigenvalue weighted by molar-refractivity contribution is 5.74. The van der Waals surface area contributed by atoms with Gasteiger partial charge in [0.25, 0.3) is 0 Å². The molecular weight excluding hydrogens is 264 g/mol. The number of carbonyl (C=O) groups excluding carboxylic acids is 1. The Hall–Kier alpha value is -1.49. The second-order valence-electron chi connectivity index (χ2n) is 6.41. The first kappa shape index (κ1) is 14.4. The molecule has 116 valence electrons. The van der Waals surface area contributed by atoms with Crippen LogP contribution in [0.1, 0.15) is 37.8 Å². The van der Waals surface area contributed by atoms with Crippen LogP contribution in [-0.2, 0) is 13.1 Å². The molecule has 5 heteroatoms. The summed E-state index contributed by atoms with van der Waals surface area (Å²) in [6.45, 7) is 2.60. The van der Waals surface area contributed by atoms with Crippen LogP contribution in [0.2, 0.25) is 0 Å². The molecule has 1 aromatic rings. The third-order valence-electron chi connectivity index (χ3n) is 4.80. The van der Waals surface area contributed by atoms with Gasteiger partial charge in [-0.25, -0.2) is 4.79 Å².